The number of nitrogens with two attached hydrogens (primary N) is 1. The maximum Gasteiger partial charge on any atom is 0.158 e. The molecule has 0 bridgehead atoms. The summed E-state index contributed by atoms with van der Waals surface area (Å²) in [6.45, 7) is 5.85. The molecule has 4 nitrogen and oxygen atoms in total. The molecule has 0 aliphatic heterocycles. The zero-order valence-corrected chi connectivity index (χ0v) is 8.19. The fraction of sp³-hybridized carbons (Fsp3) is 0.556. The largest absolute Gasteiger partial charge is 0.473 e. The van der Waals surface area contributed by atoms with E-state index < -0.39 is 0 Å². The Morgan fingerprint density at radius 2 is 1.77 bits per heavy atom. The predicted molar refractivity (Wildman–Crippen MR) is 50.4 cm³/mol. The van der Waals surface area contributed by atoms with Crippen LogP contribution >= 0.6 is 0 Å². The minimum Gasteiger partial charge on any atom is -0.473 e. The summed E-state index contributed by atoms with van der Waals surface area (Å²) in [7, 11) is 0. The number of aromatic nitrogens is 2. The highest BCUT2D eigenvalue weighted by molar-refractivity contribution is 5.13. The Labute approximate surface area is 78.1 Å². The molecule has 72 valence electrons. The molecule has 0 spiro atoms. The van der Waals surface area contributed by atoms with Gasteiger partial charge in [0.25, 0.3) is 0 Å². The van der Waals surface area contributed by atoms with E-state index in [1.54, 1.807) is 19.3 Å². The van der Waals surface area contributed by atoms with Gasteiger partial charge in [-0.05, 0) is 6.92 Å². The Hall–Kier alpha value is -1.16. The summed E-state index contributed by atoms with van der Waals surface area (Å²) in [6, 6.07) is 0. The van der Waals surface area contributed by atoms with Crippen LogP contribution in [0.5, 0.6) is 5.75 Å². The van der Waals surface area contributed by atoms with E-state index in [9.17, 15) is 0 Å². The minimum absolute atomic E-state index is 0.325. The number of ether oxygens (including phenoxy) is 1. The van der Waals surface area contributed by atoms with E-state index in [0.29, 0.717) is 11.7 Å². The Balaban J connectivity index is 2.70. The van der Waals surface area contributed by atoms with Crippen LogP contribution in [-0.2, 0) is 0 Å². The van der Waals surface area contributed by atoms with Gasteiger partial charge in [0, 0.05) is 5.92 Å². The molecular formula is C9H15N3O. The monoisotopic (exact) mass is 181 g/mol. The van der Waals surface area contributed by atoms with Gasteiger partial charge in [-0.15, -0.1) is 0 Å². The predicted octanol–water partition coefficient (Wildman–Crippen LogP) is 1.28. The van der Waals surface area contributed by atoms with Crippen molar-refractivity contribution in [2.75, 3.05) is 0 Å². The first-order valence-corrected chi connectivity index (χ1v) is 4.33. The van der Waals surface area contributed by atoms with Crippen molar-refractivity contribution in [1.82, 2.24) is 9.97 Å². The van der Waals surface area contributed by atoms with Crippen LogP contribution in [0.4, 0.5) is 0 Å². The van der Waals surface area contributed by atoms with Gasteiger partial charge in [-0.1, -0.05) is 13.8 Å². The molecule has 2 N–H and O–H groups in total. The second-order valence-corrected chi connectivity index (χ2v) is 3.25. The normalized spacial score (nSPS) is 13.0. The molecule has 0 aliphatic carbocycles. The lowest BCUT2D eigenvalue weighted by molar-refractivity contribution is 0.228. The van der Waals surface area contributed by atoms with E-state index in [0.717, 1.165) is 5.82 Å². The molecule has 0 amide bonds. The first-order valence-electron chi connectivity index (χ1n) is 4.33. The summed E-state index contributed by atoms with van der Waals surface area (Å²) >= 11 is 0. The maximum atomic E-state index is 5.44. The molecule has 0 radical (unpaired) electrons. The summed E-state index contributed by atoms with van der Waals surface area (Å²) in [6.07, 6.45) is 2.96. The van der Waals surface area contributed by atoms with Crippen molar-refractivity contribution in [3.63, 3.8) is 0 Å². The zero-order valence-electron chi connectivity index (χ0n) is 8.19. The molecule has 1 aromatic rings. The van der Waals surface area contributed by atoms with Crippen LogP contribution < -0.4 is 10.5 Å². The van der Waals surface area contributed by atoms with E-state index in [4.69, 9.17) is 10.5 Å². The molecule has 0 aliphatic rings. The molecule has 1 atom stereocenters. The SMILES string of the molecule is CC(N)Oc1cnc(C(C)C)nc1. The lowest BCUT2D eigenvalue weighted by atomic mass is 10.2. The Kier molecular flexibility index (Phi) is 3.19. The van der Waals surface area contributed by atoms with Crippen LogP contribution in [0.3, 0.4) is 0 Å². The fourth-order valence-corrected chi connectivity index (χ4v) is 0.900. The van der Waals surface area contributed by atoms with Crippen molar-refractivity contribution in [2.45, 2.75) is 32.9 Å². The van der Waals surface area contributed by atoms with Crippen LogP contribution in [-0.4, -0.2) is 16.2 Å². The number of rotatable bonds is 3. The second kappa shape index (κ2) is 4.18. The lowest BCUT2D eigenvalue weighted by Crippen LogP contribution is -2.22. The van der Waals surface area contributed by atoms with Gasteiger partial charge in [0.05, 0.1) is 12.4 Å². The molecule has 1 aromatic heterocycles. The second-order valence-electron chi connectivity index (χ2n) is 3.25. The highest BCUT2D eigenvalue weighted by Gasteiger charge is 2.03. The van der Waals surface area contributed by atoms with Crippen LogP contribution in [0, 0.1) is 0 Å². The number of hydrogen-bond donors (Lipinski definition) is 1. The Morgan fingerprint density at radius 1 is 1.23 bits per heavy atom. The first-order chi connectivity index (χ1) is 6.09. The van der Waals surface area contributed by atoms with Crippen LogP contribution in [0.25, 0.3) is 0 Å². The van der Waals surface area contributed by atoms with Crippen LogP contribution in [0.2, 0.25) is 0 Å². The van der Waals surface area contributed by atoms with Crippen LogP contribution in [0.15, 0.2) is 12.4 Å². The third kappa shape index (κ3) is 2.99. The lowest BCUT2D eigenvalue weighted by Gasteiger charge is -2.09. The van der Waals surface area contributed by atoms with E-state index in [-0.39, 0.29) is 6.23 Å². The van der Waals surface area contributed by atoms with Gasteiger partial charge in [0.15, 0.2) is 5.75 Å². The smallest absolute Gasteiger partial charge is 0.158 e. The van der Waals surface area contributed by atoms with E-state index in [1.807, 2.05) is 13.8 Å². The van der Waals surface area contributed by atoms with E-state index in [1.165, 1.54) is 0 Å². The average Bonchev–Trinajstić information content (AvgIpc) is 2.04. The molecular weight excluding hydrogens is 166 g/mol. The molecule has 4 heteroatoms. The Bertz CT molecular complexity index is 256. The van der Waals surface area contributed by atoms with Crippen molar-refractivity contribution < 1.29 is 4.74 Å². The van der Waals surface area contributed by atoms with Gasteiger partial charge in [-0.2, -0.15) is 0 Å². The summed E-state index contributed by atoms with van der Waals surface area (Å²) in [5, 5.41) is 0. The molecule has 1 rings (SSSR count). The minimum atomic E-state index is -0.325. The van der Waals surface area contributed by atoms with Crippen molar-refractivity contribution in [2.24, 2.45) is 5.73 Å². The van der Waals surface area contributed by atoms with E-state index in [2.05, 4.69) is 9.97 Å². The van der Waals surface area contributed by atoms with E-state index >= 15 is 0 Å². The summed E-state index contributed by atoms with van der Waals surface area (Å²) in [5.41, 5.74) is 5.44. The summed E-state index contributed by atoms with van der Waals surface area (Å²) < 4.78 is 5.20. The molecule has 1 heterocycles. The molecule has 0 saturated heterocycles. The van der Waals surface area contributed by atoms with Gasteiger partial charge in [-0.25, -0.2) is 9.97 Å². The van der Waals surface area contributed by atoms with Crippen molar-refractivity contribution in [3.05, 3.63) is 18.2 Å². The zero-order chi connectivity index (χ0) is 9.84. The average molecular weight is 181 g/mol. The Morgan fingerprint density at radius 3 is 2.15 bits per heavy atom. The van der Waals surface area contributed by atoms with Crippen molar-refractivity contribution >= 4 is 0 Å². The number of nitrogens with zero attached hydrogens (tertiary/aromatic N) is 2. The molecule has 0 saturated carbocycles. The van der Waals surface area contributed by atoms with Crippen molar-refractivity contribution in [1.29, 1.82) is 0 Å². The highest BCUT2D eigenvalue weighted by Crippen LogP contribution is 2.12. The summed E-state index contributed by atoms with van der Waals surface area (Å²) in [4.78, 5) is 8.28. The molecule has 13 heavy (non-hydrogen) atoms. The summed E-state index contributed by atoms with van der Waals surface area (Å²) in [5.74, 6) is 1.76. The standard InChI is InChI=1S/C9H15N3O/c1-6(2)9-11-4-8(5-12-9)13-7(3)10/h4-7H,10H2,1-3H3. The quantitative estimate of drug-likeness (QED) is 0.713. The number of hydrogen-bond acceptors (Lipinski definition) is 4. The van der Waals surface area contributed by atoms with Gasteiger partial charge >= 0.3 is 0 Å². The van der Waals surface area contributed by atoms with Gasteiger partial charge in [0.1, 0.15) is 12.1 Å². The van der Waals surface area contributed by atoms with Crippen molar-refractivity contribution in [3.8, 4) is 5.75 Å². The fourth-order valence-electron chi connectivity index (χ4n) is 0.900. The highest BCUT2D eigenvalue weighted by atomic mass is 16.5. The van der Waals surface area contributed by atoms with Gasteiger partial charge < -0.3 is 4.74 Å². The van der Waals surface area contributed by atoms with Gasteiger partial charge in [-0.3, -0.25) is 5.73 Å². The topological polar surface area (TPSA) is 61.0 Å². The maximum absolute atomic E-state index is 5.44. The first kappa shape index (κ1) is 9.92. The molecule has 0 fully saturated rings. The molecule has 0 aromatic carbocycles. The third-order valence-corrected chi connectivity index (χ3v) is 1.49. The third-order valence-electron chi connectivity index (χ3n) is 1.49. The van der Waals surface area contributed by atoms with Crippen LogP contribution in [0.1, 0.15) is 32.5 Å². The molecule has 1 unspecified atom stereocenters. The van der Waals surface area contributed by atoms with Gasteiger partial charge in [0.2, 0.25) is 0 Å².